The van der Waals surface area contributed by atoms with Gasteiger partial charge in [0.1, 0.15) is 4.47 Å². The maximum Gasteiger partial charge on any atom is 0.283 e. The molecule has 0 bridgehead atoms. The third-order valence-electron chi connectivity index (χ3n) is 3.74. The largest absolute Gasteiger partial charge is 0.375 e. The topological polar surface area (TPSA) is 46.9 Å². The van der Waals surface area contributed by atoms with Crippen molar-refractivity contribution in [3.63, 3.8) is 0 Å². The van der Waals surface area contributed by atoms with E-state index in [1.54, 1.807) is 22.2 Å². The van der Waals surface area contributed by atoms with Crippen LogP contribution in [0.1, 0.15) is 37.1 Å². The Kier molecular flexibility index (Phi) is 4.45. The predicted octanol–water partition coefficient (Wildman–Crippen LogP) is 4.04. The number of aromatic nitrogens is 2. The number of rotatable bonds is 6. The van der Waals surface area contributed by atoms with Crippen LogP contribution >= 0.6 is 27.3 Å². The molecule has 1 N–H and O–H groups in total. The molecule has 1 saturated carbocycles. The molecule has 6 heteroatoms. The molecule has 3 rings (SSSR count). The molecule has 2 aromatic heterocycles. The van der Waals surface area contributed by atoms with E-state index < -0.39 is 0 Å². The lowest BCUT2D eigenvalue weighted by Crippen LogP contribution is -2.25. The Balaban J connectivity index is 1.81. The second-order valence-corrected chi connectivity index (χ2v) is 7.20. The molecule has 0 saturated heterocycles. The SMILES string of the molecule is CCC(Nc1cnn(CC2CC2)c(=O)c1Br)c1cccs1. The van der Waals surface area contributed by atoms with E-state index in [1.807, 2.05) is 6.07 Å². The molecule has 1 aliphatic carbocycles. The summed E-state index contributed by atoms with van der Waals surface area (Å²) in [7, 11) is 0. The van der Waals surface area contributed by atoms with Crippen molar-refractivity contribution in [3.8, 4) is 0 Å². The summed E-state index contributed by atoms with van der Waals surface area (Å²) in [6, 6.07) is 4.37. The van der Waals surface area contributed by atoms with Crippen LogP contribution in [0.15, 0.2) is 33.0 Å². The molecular weight excluding hydrogens is 350 g/mol. The minimum absolute atomic E-state index is 0.0482. The Labute approximate surface area is 136 Å². The number of anilines is 1. The van der Waals surface area contributed by atoms with Crippen LogP contribution in [0.3, 0.4) is 0 Å². The van der Waals surface area contributed by atoms with Gasteiger partial charge in [-0.05, 0) is 52.6 Å². The zero-order valence-corrected chi connectivity index (χ0v) is 14.3. The molecule has 0 spiro atoms. The van der Waals surface area contributed by atoms with Crippen LogP contribution in [0.25, 0.3) is 0 Å². The molecule has 2 heterocycles. The molecule has 1 unspecified atom stereocenters. The molecule has 0 aliphatic heterocycles. The fourth-order valence-corrected chi connectivity index (χ4v) is 3.58. The molecule has 0 amide bonds. The van der Waals surface area contributed by atoms with E-state index >= 15 is 0 Å². The highest BCUT2D eigenvalue weighted by molar-refractivity contribution is 9.10. The van der Waals surface area contributed by atoms with Gasteiger partial charge in [-0.3, -0.25) is 4.79 Å². The van der Waals surface area contributed by atoms with Crippen LogP contribution in [0.2, 0.25) is 0 Å². The van der Waals surface area contributed by atoms with E-state index in [-0.39, 0.29) is 11.6 Å². The molecule has 1 fully saturated rings. The van der Waals surface area contributed by atoms with Gasteiger partial charge >= 0.3 is 0 Å². The second kappa shape index (κ2) is 6.32. The monoisotopic (exact) mass is 367 g/mol. The summed E-state index contributed by atoms with van der Waals surface area (Å²) in [5, 5.41) is 9.80. The first kappa shape index (κ1) is 14.8. The van der Waals surface area contributed by atoms with E-state index in [0.717, 1.165) is 18.7 Å². The molecule has 2 aromatic rings. The summed E-state index contributed by atoms with van der Waals surface area (Å²) in [4.78, 5) is 13.6. The minimum atomic E-state index is -0.0482. The molecular formula is C15H18BrN3OS. The van der Waals surface area contributed by atoms with Gasteiger partial charge < -0.3 is 5.32 Å². The van der Waals surface area contributed by atoms with Gasteiger partial charge in [0.05, 0.1) is 17.9 Å². The Morgan fingerprint density at radius 2 is 2.38 bits per heavy atom. The summed E-state index contributed by atoms with van der Waals surface area (Å²) < 4.78 is 2.15. The minimum Gasteiger partial charge on any atom is -0.375 e. The Morgan fingerprint density at radius 1 is 1.57 bits per heavy atom. The van der Waals surface area contributed by atoms with Gasteiger partial charge in [-0.15, -0.1) is 11.3 Å². The zero-order chi connectivity index (χ0) is 14.8. The van der Waals surface area contributed by atoms with E-state index in [2.05, 4.69) is 44.7 Å². The van der Waals surface area contributed by atoms with Crippen LogP contribution < -0.4 is 10.9 Å². The Morgan fingerprint density at radius 3 is 3.00 bits per heavy atom. The normalized spacial score (nSPS) is 15.9. The summed E-state index contributed by atoms with van der Waals surface area (Å²) in [5.41, 5.74) is 0.722. The van der Waals surface area contributed by atoms with Crippen molar-refractivity contribution >= 4 is 33.0 Å². The Bertz CT molecular complexity index is 664. The second-order valence-electron chi connectivity index (χ2n) is 5.42. The summed E-state index contributed by atoms with van der Waals surface area (Å²) >= 11 is 5.15. The van der Waals surface area contributed by atoms with Crippen LogP contribution in [0.5, 0.6) is 0 Å². The molecule has 112 valence electrons. The predicted molar refractivity (Wildman–Crippen MR) is 89.9 cm³/mol. The maximum absolute atomic E-state index is 12.3. The average molecular weight is 368 g/mol. The smallest absolute Gasteiger partial charge is 0.283 e. The van der Waals surface area contributed by atoms with Gasteiger partial charge in [0.15, 0.2) is 0 Å². The first-order chi connectivity index (χ1) is 10.2. The number of hydrogen-bond donors (Lipinski definition) is 1. The van der Waals surface area contributed by atoms with Gasteiger partial charge in [0.25, 0.3) is 5.56 Å². The van der Waals surface area contributed by atoms with Crippen molar-refractivity contribution in [3.05, 3.63) is 43.4 Å². The van der Waals surface area contributed by atoms with Gasteiger partial charge in [-0.2, -0.15) is 5.10 Å². The van der Waals surface area contributed by atoms with Crippen LogP contribution in [-0.4, -0.2) is 9.78 Å². The van der Waals surface area contributed by atoms with Crippen LogP contribution in [0, 0.1) is 5.92 Å². The molecule has 4 nitrogen and oxygen atoms in total. The summed E-state index contributed by atoms with van der Waals surface area (Å²) in [6.45, 7) is 2.87. The summed E-state index contributed by atoms with van der Waals surface area (Å²) in [5.74, 6) is 0.635. The highest BCUT2D eigenvalue weighted by atomic mass is 79.9. The third-order valence-corrected chi connectivity index (χ3v) is 5.49. The first-order valence-corrected chi connectivity index (χ1v) is 8.92. The van der Waals surface area contributed by atoms with Crippen LogP contribution in [-0.2, 0) is 6.54 Å². The van der Waals surface area contributed by atoms with Crippen molar-refractivity contribution < 1.29 is 0 Å². The lowest BCUT2D eigenvalue weighted by Gasteiger charge is -2.18. The zero-order valence-electron chi connectivity index (χ0n) is 11.9. The van der Waals surface area contributed by atoms with Gasteiger partial charge in [0, 0.05) is 11.4 Å². The van der Waals surface area contributed by atoms with Gasteiger partial charge in [0.2, 0.25) is 0 Å². The van der Waals surface area contributed by atoms with E-state index in [4.69, 9.17) is 0 Å². The number of nitrogens with zero attached hydrogens (tertiary/aromatic N) is 2. The quantitative estimate of drug-likeness (QED) is 0.837. The van der Waals surface area contributed by atoms with Crippen molar-refractivity contribution in [2.75, 3.05) is 5.32 Å². The van der Waals surface area contributed by atoms with Crippen molar-refractivity contribution in [1.29, 1.82) is 0 Å². The summed E-state index contributed by atoms with van der Waals surface area (Å²) in [6.07, 6.45) is 5.13. The van der Waals surface area contributed by atoms with E-state index in [9.17, 15) is 4.79 Å². The van der Waals surface area contributed by atoms with Crippen molar-refractivity contribution in [2.24, 2.45) is 5.92 Å². The van der Waals surface area contributed by atoms with E-state index in [1.165, 1.54) is 17.7 Å². The van der Waals surface area contributed by atoms with Gasteiger partial charge in [-0.1, -0.05) is 13.0 Å². The molecule has 21 heavy (non-hydrogen) atoms. The Hall–Kier alpha value is -1.14. The highest BCUT2D eigenvalue weighted by Gasteiger charge is 2.23. The standard InChI is InChI=1S/C15H18BrN3OS/c1-2-11(13-4-3-7-21-13)18-12-8-17-19(9-10-5-6-10)15(20)14(12)16/h3-4,7-8,10-11,18H,2,5-6,9H2,1H3. The third kappa shape index (κ3) is 3.37. The number of hydrogen-bond acceptors (Lipinski definition) is 4. The fraction of sp³-hybridized carbons (Fsp3) is 0.467. The number of thiophene rings is 1. The number of halogens is 1. The molecule has 0 aromatic carbocycles. The van der Waals surface area contributed by atoms with E-state index in [0.29, 0.717) is 10.4 Å². The first-order valence-electron chi connectivity index (χ1n) is 7.24. The lowest BCUT2D eigenvalue weighted by molar-refractivity contribution is 0.531. The van der Waals surface area contributed by atoms with Crippen molar-refractivity contribution in [1.82, 2.24) is 9.78 Å². The average Bonchev–Trinajstić information content (AvgIpc) is 3.14. The fourth-order valence-electron chi connectivity index (χ4n) is 2.29. The van der Waals surface area contributed by atoms with Crippen molar-refractivity contribution in [2.45, 2.75) is 38.8 Å². The van der Waals surface area contributed by atoms with Crippen LogP contribution in [0.4, 0.5) is 5.69 Å². The number of nitrogens with one attached hydrogen (secondary N) is 1. The lowest BCUT2D eigenvalue weighted by atomic mass is 10.2. The van der Waals surface area contributed by atoms with Gasteiger partial charge in [-0.25, -0.2) is 4.68 Å². The molecule has 0 radical (unpaired) electrons. The molecule has 1 atom stereocenters. The molecule has 1 aliphatic rings. The maximum atomic E-state index is 12.3. The highest BCUT2D eigenvalue weighted by Crippen LogP contribution is 2.31.